The lowest BCUT2D eigenvalue weighted by atomic mass is 10.0. The van der Waals surface area contributed by atoms with Crippen molar-refractivity contribution in [3.63, 3.8) is 0 Å². The molecule has 2 amide bonds. The minimum atomic E-state index is -3.87. The molecule has 1 aliphatic heterocycles. The second-order valence-electron chi connectivity index (χ2n) is 10.1. The fourth-order valence-electron chi connectivity index (χ4n) is 5.02. The van der Waals surface area contributed by atoms with Crippen molar-refractivity contribution in [3.05, 3.63) is 95.8 Å². The van der Waals surface area contributed by atoms with Gasteiger partial charge in [0.1, 0.15) is 11.6 Å². The standard InChI is InChI=1S/C31H36FN3O5S/c1-3-19-34(41(38,39)29-7-5-4-6-8-29)23-30(36)35(22-24-9-15-28(40-2)16-10-24)27-17-20-33(21-18-27)31(37)25-11-13-26(32)14-12-25/h4-16,27H,3,17-23H2,1-2H3. The molecule has 4 rings (SSSR count). The highest BCUT2D eigenvalue weighted by Crippen LogP contribution is 2.24. The van der Waals surface area contributed by atoms with E-state index < -0.39 is 15.8 Å². The number of hydrogen-bond acceptors (Lipinski definition) is 5. The van der Waals surface area contributed by atoms with E-state index in [4.69, 9.17) is 4.74 Å². The van der Waals surface area contributed by atoms with Crippen molar-refractivity contribution in [2.75, 3.05) is 33.3 Å². The second-order valence-corrected chi connectivity index (χ2v) is 12.0. The van der Waals surface area contributed by atoms with Gasteiger partial charge in [-0.25, -0.2) is 12.8 Å². The number of piperidine rings is 1. The quantitative estimate of drug-likeness (QED) is 0.331. The average molecular weight is 582 g/mol. The number of sulfonamides is 1. The normalized spacial score (nSPS) is 14.2. The molecular weight excluding hydrogens is 545 g/mol. The van der Waals surface area contributed by atoms with Gasteiger partial charge in [0.2, 0.25) is 15.9 Å². The van der Waals surface area contributed by atoms with E-state index in [1.165, 1.54) is 40.7 Å². The number of likely N-dealkylation sites (tertiary alicyclic amines) is 1. The van der Waals surface area contributed by atoms with Crippen LogP contribution in [0.1, 0.15) is 42.1 Å². The van der Waals surface area contributed by atoms with Crippen LogP contribution in [-0.2, 0) is 21.4 Å². The van der Waals surface area contributed by atoms with Crippen molar-refractivity contribution in [1.82, 2.24) is 14.1 Å². The summed E-state index contributed by atoms with van der Waals surface area (Å²) in [5, 5.41) is 0. The summed E-state index contributed by atoms with van der Waals surface area (Å²) in [4.78, 5) is 30.5. The molecule has 218 valence electrons. The molecule has 0 saturated carbocycles. The highest BCUT2D eigenvalue weighted by atomic mass is 32.2. The van der Waals surface area contributed by atoms with Gasteiger partial charge in [0, 0.05) is 37.8 Å². The number of amides is 2. The molecule has 41 heavy (non-hydrogen) atoms. The Hall–Kier alpha value is -3.76. The Morgan fingerprint density at radius 1 is 0.951 bits per heavy atom. The number of ether oxygens (including phenoxy) is 1. The Morgan fingerprint density at radius 2 is 1.59 bits per heavy atom. The third-order valence-corrected chi connectivity index (χ3v) is 9.14. The maximum atomic E-state index is 13.9. The van der Waals surface area contributed by atoms with Crippen LogP contribution in [0.15, 0.2) is 83.8 Å². The number of carbonyl (C=O) groups excluding carboxylic acids is 2. The maximum absolute atomic E-state index is 13.9. The van der Waals surface area contributed by atoms with Gasteiger partial charge >= 0.3 is 0 Å². The monoisotopic (exact) mass is 581 g/mol. The summed E-state index contributed by atoms with van der Waals surface area (Å²) in [6, 6.07) is 20.8. The molecule has 1 heterocycles. The van der Waals surface area contributed by atoms with Gasteiger partial charge in [0.25, 0.3) is 5.91 Å². The highest BCUT2D eigenvalue weighted by molar-refractivity contribution is 7.89. The van der Waals surface area contributed by atoms with Crippen molar-refractivity contribution in [3.8, 4) is 5.75 Å². The van der Waals surface area contributed by atoms with Crippen molar-refractivity contribution < 1.29 is 27.1 Å². The first-order valence-electron chi connectivity index (χ1n) is 13.8. The molecule has 10 heteroatoms. The number of rotatable bonds is 11. The lowest BCUT2D eigenvalue weighted by Gasteiger charge is -2.39. The summed E-state index contributed by atoms with van der Waals surface area (Å²) < 4.78 is 46.7. The minimum absolute atomic E-state index is 0.149. The zero-order valence-corrected chi connectivity index (χ0v) is 24.2. The summed E-state index contributed by atoms with van der Waals surface area (Å²) in [6.45, 7) is 2.95. The summed E-state index contributed by atoms with van der Waals surface area (Å²) in [7, 11) is -2.28. The number of carbonyl (C=O) groups is 2. The van der Waals surface area contributed by atoms with Crippen LogP contribution >= 0.6 is 0 Å². The summed E-state index contributed by atoms with van der Waals surface area (Å²) in [5.74, 6) is -0.182. The number of benzene rings is 3. The van der Waals surface area contributed by atoms with Crippen LogP contribution in [0.2, 0.25) is 0 Å². The molecule has 0 N–H and O–H groups in total. The van der Waals surface area contributed by atoms with Crippen molar-refractivity contribution in [1.29, 1.82) is 0 Å². The fraction of sp³-hybridized carbons (Fsp3) is 0.355. The van der Waals surface area contributed by atoms with Gasteiger partial charge < -0.3 is 14.5 Å². The number of halogens is 1. The van der Waals surface area contributed by atoms with E-state index in [0.717, 1.165) is 5.56 Å². The topological polar surface area (TPSA) is 87.2 Å². The fourth-order valence-corrected chi connectivity index (χ4v) is 6.52. The van der Waals surface area contributed by atoms with Crippen LogP contribution in [0.3, 0.4) is 0 Å². The zero-order chi connectivity index (χ0) is 29.4. The van der Waals surface area contributed by atoms with E-state index >= 15 is 0 Å². The molecule has 0 spiro atoms. The van der Waals surface area contributed by atoms with Crippen LogP contribution < -0.4 is 4.74 Å². The summed E-state index contributed by atoms with van der Waals surface area (Å²) in [6.07, 6.45) is 1.63. The molecule has 1 saturated heterocycles. The molecule has 1 fully saturated rings. The highest BCUT2D eigenvalue weighted by Gasteiger charge is 2.33. The molecular formula is C31H36FN3O5S. The van der Waals surface area contributed by atoms with Gasteiger partial charge in [0.15, 0.2) is 0 Å². The Kier molecular flexibility index (Phi) is 10.1. The van der Waals surface area contributed by atoms with Crippen molar-refractivity contribution in [2.45, 2.75) is 43.7 Å². The van der Waals surface area contributed by atoms with E-state index in [1.807, 2.05) is 31.2 Å². The van der Waals surface area contributed by atoms with Gasteiger partial charge in [-0.05, 0) is 73.4 Å². The lowest BCUT2D eigenvalue weighted by molar-refractivity contribution is -0.135. The molecule has 0 bridgehead atoms. The summed E-state index contributed by atoms with van der Waals surface area (Å²) in [5.41, 5.74) is 1.30. The molecule has 0 atom stereocenters. The Labute approximate surface area is 241 Å². The maximum Gasteiger partial charge on any atom is 0.253 e. The Morgan fingerprint density at radius 3 is 2.17 bits per heavy atom. The average Bonchev–Trinajstić information content (AvgIpc) is 3.00. The van der Waals surface area contributed by atoms with E-state index in [-0.39, 0.29) is 35.8 Å². The second kappa shape index (κ2) is 13.7. The van der Waals surface area contributed by atoms with Gasteiger partial charge in [-0.15, -0.1) is 0 Å². The molecule has 3 aromatic carbocycles. The number of methoxy groups -OCH3 is 1. The van der Waals surface area contributed by atoms with Crippen LogP contribution in [-0.4, -0.2) is 73.7 Å². The predicted molar refractivity (Wildman–Crippen MR) is 154 cm³/mol. The first-order chi connectivity index (χ1) is 19.7. The molecule has 0 radical (unpaired) electrons. The van der Waals surface area contributed by atoms with Crippen LogP contribution in [0.5, 0.6) is 5.75 Å². The molecule has 0 aliphatic carbocycles. The molecule has 8 nitrogen and oxygen atoms in total. The SMILES string of the molecule is CCCN(CC(=O)N(Cc1ccc(OC)cc1)C1CCN(C(=O)c2ccc(F)cc2)CC1)S(=O)(=O)c1ccccc1. The van der Waals surface area contributed by atoms with Gasteiger partial charge in [-0.1, -0.05) is 37.3 Å². The van der Waals surface area contributed by atoms with Crippen LogP contribution in [0, 0.1) is 5.82 Å². The van der Waals surface area contributed by atoms with Crippen molar-refractivity contribution in [2.24, 2.45) is 0 Å². The molecule has 1 aliphatic rings. The molecule has 3 aromatic rings. The van der Waals surface area contributed by atoms with E-state index in [9.17, 15) is 22.4 Å². The van der Waals surface area contributed by atoms with E-state index in [2.05, 4.69) is 0 Å². The zero-order valence-electron chi connectivity index (χ0n) is 23.4. The summed E-state index contributed by atoms with van der Waals surface area (Å²) >= 11 is 0. The Balaban J connectivity index is 1.53. The largest absolute Gasteiger partial charge is 0.497 e. The van der Waals surface area contributed by atoms with Gasteiger partial charge in [-0.2, -0.15) is 4.31 Å². The van der Waals surface area contributed by atoms with Crippen LogP contribution in [0.25, 0.3) is 0 Å². The number of nitrogens with zero attached hydrogens (tertiary/aromatic N) is 3. The smallest absolute Gasteiger partial charge is 0.253 e. The molecule has 0 unspecified atom stereocenters. The minimum Gasteiger partial charge on any atom is -0.497 e. The Bertz CT molecular complexity index is 1410. The molecule has 0 aromatic heterocycles. The number of hydrogen-bond donors (Lipinski definition) is 0. The van der Waals surface area contributed by atoms with E-state index in [0.29, 0.717) is 50.2 Å². The third kappa shape index (κ3) is 7.51. The van der Waals surface area contributed by atoms with Gasteiger partial charge in [-0.3, -0.25) is 9.59 Å². The third-order valence-electron chi connectivity index (χ3n) is 7.28. The van der Waals surface area contributed by atoms with Crippen LogP contribution in [0.4, 0.5) is 4.39 Å². The first kappa shape index (κ1) is 30.2. The predicted octanol–water partition coefficient (Wildman–Crippen LogP) is 4.57. The first-order valence-corrected chi connectivity index (χ1v) is 15.2. The lowest BCUT2D eigenvalue weighted by Crippen LogP contribution is -2.51. The van der Waals surface area contributed by atoms with Crippen molar-refractivity contribution >= 4 is 21.8 Å². The van der Waals surface area contributed by atoms with E-state index in [1.54, 1.807) is 35.1 Å². The van der Waals surface area contributed by atoms with Gasteiger partial charge in [0.05, 0.1) is 18.6 Å².